The van der Waals surface area contributed by atoms with E-state index in [-0.39, 0.29) is 18.4 Å². The third-order valence-corrected chi connectivity index (χ3v) is 2.47. The van der Waals surface area contributed by atoms with Crippen molar-refractivity contribution in [1.29, 1.82) is 0 Å². The zero-order valence-corrected chi connectivity index (χ0v) is 11.9. The summed E-state index contributed by atoms with van der Waals surface area (Å²) >= 11 is 0. The van der Waals surface area contributed by atoms with Crippen LogP contribution in [-0.2, 0) is 16.1 Å². The Morgan fingerprint density at radius 1 is 1.20 bits per heavy atom. The molecule has 6 heteroatoms. The summed E-state index contributed by atoms with van der Waals surface area (Å²) < 4.78 is 5.41. The first-order valence-corrected chi connectivity index (χ1v) is 6.49. The lowest BCUT2D eigenvalue weighted by atomic mass is 10.2. The molecule has 0 radical (unpaired) electrons. The van der Waals surface area contributed by atoms with Gasteiger partial charge in [-0.25, -0.2) is 0 Å². The average Bonchev–Trinajstić information content (AvgIpc) is 2.42. The molecule has 110 valence electrons. The Hall–Kier alpha value is -2.08. The first kappa shape index (κ1) is 16.0. The zero-order chi connectivity index (χ0) is 14.8. The SMILES string of the molecule is CNCc1cccc(OCC(=O)NCCNC(C)=O)c1. The van der Waals surface area contributed by atoms with Gasteiger partial charge in [0.05, 0.1) is 0 Å². The van der Waals surface area contributed by atoms with E-state index < -0.39 is 0 Å². The number of rotatable bonds is 8. The van der Waals surface area contributed by atoms with Crippen LogP contribution in [0, 0.1) is 0 Å². The highest BCUT2D eigenvalue weighted by Gasteiger charge is 2.03. The van der Waals surface area contributed by atoms with Crippen molar-refractivity contribution in [2.45, 2.75) is 13.5 Å². The van der Waals surface area contributed by atoms with Crippen molar-refractivity contribution in [3.05, 3.63) is 29.8 Å². The Morgan fingerprint density at radius 2 is 1.95 bits per heavy atom. The highest BCUT2D eigenvalue weighted by atomic mass is 16.5. The van der Waals surface area contributed by atoms with Crippen molar-refractivity contribution >= 4 is 11.8 Å². The van der Waals surface area contributed by atoms with E-state index in [1.54, 1.807) is 0 Å². The second-order valence-corrected chi connectivity index (χ2v) is 4.30. The van der Waals surface area contributed by atoms with Crippen LogP contribution in [0.1, 0.15) is 12.5 Å². The van der Waals surface area contributed by atoms with Crippen LogP contribution in [0.15, 0.2) is 24.3 Å². The monoisotopic (exact) mass is 279 g/mol. The van der Waals surface area contributed by atoms with Gasteiger partial charge < -0.3 is 20.7 Å². The quantitative estimate of drug-likeness (QED) is 0.587. The largest absolute Gasteiger partial charge is 0.484 e. The molecule has 20 heavy (non-hydrogen) atoms. The van der Waals surface area contributed by atoms with Gasteiger partial charge >= 0.3 is 0 Å². The normalized spacial score (nSPS) is 9.90. The molecule has 0 saturated heterocycles. The fourth-order valence-corrected chi connectivity index (χ4v) is 1.59. The van der Waals surface area contributed by atoms with Gasteiger partial charge in [0, 0.05) is 26.6 Å². The molecular weight excluding hydrogens is 258 g/mol. The van der Waals surface area contributed by atoms with Crippen LogP contribution in [0.4, 0.5) is 0 Å². The molecule has 0 aliphatic heterocycles. The molecule has 0 aliphatic rings. The molecule has 6 nitrogen and oxygen atoms in total. The van der Waals surface area contributed by atoms with E-state index in [1.807, 2.05) is 31.3 Å². The summed E-state index contributed by atoms with van der Waals surface area (Å²) in [6.45, 7) is 2.95. The molecule has 0 unspecified atom stereocenters. The molecule has 0 bridgehead atoms. The van der Waals surface area contributed by atoms with Crippen LogP contribution in [0.5, 0.6) is 5.75 Å². The van der Waals surface area contributed by atoms with Gasteiger partial charge in [-0.2, -0.15) is 0 Å². The van der Waals surface area contributed by atoms with Gasteiger partial charge in [-0.15, -0.1) is 0 Å². The maximum Gasteiger partial charge on any atom is 0.258 e. The van der Waals surface area contributed by atoms with E-state index in [0.29, 0.717) is 18.8 Å². The van der Waals surface area contributed by atoms with Crippen molar-refractivity contribution in [1.82, 2.24) is 16.0 Å². The molecule has 0 heterocycles. The molecule has 0 aliphatic carbocycles. The molecule has 0 aromatic heterocycles. The summed E-state index contributed by atoms with van der Waals surface area (Å²) in [6.07, 6.45) is 0. The first-order valence-electron chi connectivity index (χ1n) is 6.49. The topological polar surface area (TPSA) is 79.5 Å². The van der Waals surface area contributed by atoms with Crippen LogP contribution in [0.3, 0.4) is 0 Å². The molecule has 1 aromatic rings. The second kappa shape index (κ2) is 8.92. The van der Waals surface area contributed by atoms with Gasteiger partial charge in [0.2, 0.25) is 5.91 Å². The Bertz CT molecular complexity index is 449. The zero-order valence-electron chi connectivity index (χ0n) is 11.9. The lowest BCUT2D eigenvalue weighted by Gasteiger charge is -2.09. The van der Waals surface area contributed by atoms with E-state index >= 15 is 0 Å². The molecule has 0 atom stereocenters. The van der Waals surface area contributed by atoms with Gasteiger partial charge in [0.25, 0.3) is 5.91 Å². The Kier molecular flexibility index (Phi) is 7.13. The minimum atomic E-state index is -0.214. The minimum absolute atomic E-state index is 0.0386. The summed E-state index contributed by atoms with van der Waals surface area (Å²) in [5.74, 6) is 0.334. The number of nitrogens with one attached hydrogen (secondary N) is 3. The standard InChI is InChI=1S/C14H21N3O3/c1-11(18)16-6-7-17-14(19)10-20-13-5-3-4-12(8-13)9-15-2/h3-5,8,15H,6-7,9-10H2,1-2H3,(H,16,18)(H,17,19). The molecule has 0 saturated carbocycles. The van der Waals surface area contributed by atoms with Gasteiger partial charge in [-0.1, -0.05) is 12.1 Å². The third-order valence-electron chi connectivity index (χ3n) is 2.47. The first-order chi connectivity index (χ1) is 9.61. The maximum atomic E-state index is 11.5. The fraction of sp³-hybridized carbons (Fsp3) is 0.429. The van der Waals surface area contributed by atoms with Gasteiger partial charge in [0.1, 0.15) is 5.75 Å². The lowest BCUT2D eigenvalue weighted by Crippen LogP contribution is -2.36. The number of ether oxygens (including phenoxy) is 1. The van der Waals surface area contributed by atoms with Crippen LogP contribution < -0.4 is 20.7 Å². The van der Waals surface area contributed by atoms with Gasteiger partial charge in [0.15, 0.2) is 6.61 Å². The predicted molar refractivity (Wildman–Crippen MR) is 76.4 cm³/mol. The lowest BCUT2D eigenvalue weighted by molar-refractivity contribution is -0.123. The predicted octanol–water partition coefficient (Wildman–Crippen LogP) is 0.0371. The van der Waals surface area contributed by atoms with Crippen LogP contribution >= 0.6 is 0 Å². The average molecular weight is 279 g/mol. The Morgan fingerprint density at radius 3 is 2.65 bits per heavy atom. The van der Waals surface area contributed by atoms with Crippen molar-refractivity contribution in [2.75, 3.05) is 26.7 Å². The number of hydrogen-bond acceptors (Lipinski definition) is 4. The molecule has 0 spiro atoms. The number of benzene rings is 1. The fourth-order valence-electron chi connectivity index (χ4n) is 1.59. The molecule has 3 N–H and O–H groups in total. The van der Waals surface area contributed by atoms with Crippen molar-refractivity contribution in [3.8, 4) is 5.75 Å². The minimum Gasteiger partial charge on any atom is -0.484 e. The van der Waals surface area contributed by atoms with Crippen LogP contribution in [-0.4, -0.2) is 38.6 Å². The summed E-state index contributed by atoms with van der Waals surface area (Å²) in [5.41, 5.74) is 1.09. The smallest absolute Gasteiger partial charge is 0.258 e. The third kappa shape index (κ3) is 6.75. The van der Waals surface area contributed by atoms with Crippen LogP contribution in [0.2, 0.25) is 0 Å². The highest BCUT2D eigenvalue weighted by Crippen LogP contribution is 2.12. The van der Waals surface area contributed by atoms with Crippen molar-refractivity contribution in [3.63, 3.8) is 0 Å². The molecule has 2 amide bonds. The number of hydrogen-bond donors (Lipinski definition) is 3. The summed E-state index contributed by atoms with van der Waals surface area (Å²) in [5, 5.41) is 8.30. The summed E-state index contributed by atoms with van der Waals surface area (Å²) in [4.78, 5) is 22.1. The number of carbonyl (C=O) groups excluding carboxylic acids is 2. The van der Waals surface area contributed by atoms with E-state index in [1.165, 1.54) is 6.92 Å². The second-order valence-electron chi connectivity index (χ2n) is 4.30. The molecule has 1 rings (SSSR count). The van der Waals surface area contributed by atoms with Crippen molar-refractivity contribution < 1.29 is 14.3 Å². The Labute approximate surface area is 118 Å². The van der Waals surface area contributed by atoms with E-state index in [0.717, 1.165) is 12.1 Å². The Balaban J connectivity index is 2.26. The summed E-state index contributed by atoms with van der Waals surface area (Å²) in [7, 11) is 1.87. The van der Waals surface area contributed by atoms with Gasteiger partial charge in [-0.3, -0.25) is 9.59 Å². The van der Waals surface area contributed by atoms with E-state index in [2.05, 4.69) is 16.0 Å². The molecular formula is C14H21N3O3. The van der Waals surface area contributed by atoms with E-state index in [9.17, 15) is 9.59 Å². The van der Waals surface area contributed by atoms with Crippen molar-refractivity contribution in [2.24, 2.45) is 0 Å². The number of carbonyl (C=O) groups is 2. The summed E-state index contributed by atoms with van der Waals surface area (Å²) in [6, 6.07) is 7.57. The van der Waals surface area contributed by atoms with E-state index in [4.69, 9.17) is 4.74 Å². The van der Waals surface area contributed by atoms with Gasteiger partial charge in [-0.05, 0) is 24.7 Å². The highest BCUT2D eigenvalue weighted by molar-refractivity contribution is 5.77. The number of amides is 2. The molecule has 0 fully saturated rings. The maximum absolute atomic E-state index is 11.5. The molecule has 1 aromatic carbocycles. The van der Waals surface area contributed by atoms with Crippen LogP contribution in [0.25, 0.3) is 0 Å².